The highest BCUT2D eigenvalue weighted by molar-refractivity contribution is 7.17. The van der Waals surface area contributed by atoms with Gasteiger partial charge in [-0.1, -0.05) is 13.8 Å². The van der Waals surface area contributed by atoms with E-state index in [4.69, 9.17) is 0 Å². The van der Waals surface area contributed by atoms with Crippen LogP contribution in [0, 0.1) is 5.92 Å². The topological polar surface area (TPSA) is 17.8 Å². The van der Waals surface area contributed by atoms with Gasteiger partial charge in [-0.05, 0) is 23.3 Å². The summed E-state index contributed by atoms with van der Waals surface area (Å²) < 4.78 is 39.9. The second kappa shape index (κ2) is 4.01. The van der Waals surface area contributed by atoms with Crippen molar-refractivity contribution >= 4 is 21.6 Å². The molecule has 0 aliphatic rings. The summed E-state index contributed by atoms with van der Waals surface area (Å²) in [5.41, 5.74) is -0.00711. The Morgan fingerprint density at radius 3 is 2.59 bits per heavy atom. The highest BCUT2D eigenvalue weighted by Crippen LogP contribution is 2.38. The molecule has 17 heavy (non-hydrogen) atoms. The number of nitrogens with zero attached hydrogens (tertiary/aromatic N) is 2. The molecule has 2 aromatic heterocycles. The largest absolute Gasteiger partial charge is 0.435 e. The number of rotatable bonds is 2. The standard InChI is InChI=1S/C11H13F3N2S/c1-6(2)4-7-5-17-10-8(7)9(11(12,13)14)15-16(10)3/h5-6H,4H2,1-3H3. The summed E-state index contributed by atoms with van der Waals surface area (Å²) in [5, 5.41) is 5.67. The Balaban J connectivity index is 2.64. The van der Waals surface area contributed by atoms with Crippen LogP contribution in [0.25, 0.3) is 10.2 Å². The monoisotopic (exact) mass is 262 g/mol. The van der Waals surface area contributed by atoms with Crippen LogP contribution < -0.4 is 0 Å². The zero-order chi connectivity index (χ0) is 12.8. The van der Waals surface area contributed by atoms with Crippen LogP contribution in [0.3, 0.4) is 0 Å². The summed E-state index contributed by atoms with van der Waals surface area (Å²) >= 11 is 1.32. The van der Waals surface area contributed by atoms with E-state index in [1.807, 2.05) is 19.2 Å². The van der Waals surface area contributed by atoms with Crippen molar-refractivity contribution in [3.8, 4) is 0 Å². The lowest BCUT2D eigenvalue weighted by molar-refractivity contribution is -0.140. The van der Waals surface area contributed by atoms with Gasteiger partial charge in [0.1, 0.15) is 4.83 Å². The van der Waals surface area contributed by atoms with Crippen molar-refractivity contribution in [3.63, 3.8) is 0 Å². The van der Waals surface area contributed by atoms with E-state index in [9.17, 15) is 13.2 Å². The molecule has 0 saturated heterocycles. The molecule has 0 N–H and O–H groups in total. The van der Waals surface area contributed by atoms with E-state index in [1.165, 1.54) is 16.0 Å². The first-order valence-corrected chi connectivity index (χ1v) is 6.19. The fourth-order valence-corrected chi connectivity index (χ4v) is 2.91. The summed E-state index contributed by atoms with van der Waals surface area (Å²) in [6.45, 7) is 3.99. The molecule has 2 nitrogen and oxygen atoms in total. The van der Waals surface area contributed by atoms with Gasteiger partial charge in [0.2, 0.25) is 0 Å². The minimum atomic E-state index is -4.38. The predicted octanol–water partition coefficient (Wildman–Crippen LogP) is 3.85. The molecule has 94 valence electrons. The first kappa shape index (κ1) is 12.4. The summed E-state index contributed by atoms with van der Waals surface area (Å²) in [6, 6.07) is 0. The lowest BCUT2D eigenvalue weighted by Gasteiger charge is -2.05. The summed E-state index contributed by atoms with van der Waals surface area (Å²) in [7, 11) is 1.55. The fourth-order valence-electron chi connectivity index (χ4n) is 1.91. The molecule has 6 heteroatoms. The van der Waals surface area contributed by atoms with Gasteiger partial charge in [-0.2, -0.15) is 18.3 Å². The number of thiophene rings is 1. The Bertz CT molecular complexity index is 537. The Labute approximate surface area is 101 Å². The highest BCUT2D eigenvalue weighted by Gasteiger charge is 2.38. The van der Waals surface area contributed by atoms with Crippen molar-refractivity contribution in [2.75, 3.05) is 0 Å². The van der Waals surface area contributed by atoms with Crippen molar-refractivity contribution in [2.45, 2.75) is 26.4 Å². The molecule has 0 spiro atoms. The normalized spacial score (nSPS) is 12.9. The molecule has 0 aromatic carbocycles. The van der Waals surface area contributed by atoms with Gasteiger partial charge < -0.3 is 0 Å². The van der Waals surface area contributed by atoms with E-state index in [-0.39, 0.29) is 5.39 Å². The molecule has 0 saturated carbocycles. The number of hydrogen-bond donors (Lipinski definition) is 0. The third-order valence-corrected chi connectivity index (χ3v) is 3.62. The van der Waals surface area contributed by atoms with E-state index < -0.39 is 11.9 Å². The van der Waals surface area contributed by atoms with E-state index in [0.717, 1.165) is 5.56 Å². The Kier molecular flexibility index (Phi) is 2.93. The summed E-state index contributed by atoms with van der Waals surface area (Å²) in [5.74, 6) is 0.328. The van der Waals surface area contributed by atoms with Crippen LogP contribution in [0.2, 0.25) is 0 Å². The average Bonchev–Trinajstić information content (AvgIpc) is 2.67. The maximum Gasteiger partial charge on any atom is 0.435 e. The van der Waals surface area contributed by atoms with Crippen LogP contribution >= 0.6 is 11.3 Å². The van der Waals surface area contributed by atoms with Gasteiger partial charge in [-0.25, -0.2) is 0 Å². The van der Waals surface area contributed by atoms with Crippen molar-refractivity contribution in [3.05, 3.63) is 16.6 Å². The van der Waals surface area contributed by atoms with Crippen LogP contribution in [-0.2, 0) is 19.6 Å². The van der Waals surface area contributed by atoms with E-state index >= 15 is 0 Å². The van der Waals surface area contributed by atoms with Gasteiger partial charge in [-0.3, -0.25) is 4.68 Å². The molecule has 0 fully saturated rings. The molecular weight excluding hydrogens is 249 g/mol. The minimum Gasteiger partial charge on any atom is -0.257 e. The van der Waals surface area contributed by atoms with Gasteiger partial charge in [-0.15, -0.1) is 11.3 Å². The quantitative estimate of drug-likeness (QED) is 0.803. The third kappa shape index (κ3) is 2.18. The van der Waals surface area contributed by atoms with Gasteiger partial charge in [0.15, 0.2) is 5.69 Å². The molecule has 0 amide bonds. The Morgan fingerprint density at radius 2 is 2.06 bits per heavy atom. The zero-order valence-corrected chi connectivity index (χ0v) is 10.6. The second-order valence-electron chi connectivity index (χ2n) is 4.51. The van der Waals surface area contributed by atoms with Gasteiger partial charge in [0.05, 0.1) is 0 Å². The molecule has 0 atom stereocenters. The summed E-state index contributed by atoms with van der Waals surface area (Å²) in [4.78, 5) is 0.591. The van der Waals surface area contributed by atoms with Crippen LogP contribution in [0.15, 0.2) is 5.38 Å². The van der Waals surface area contributed by atoms with Crippen LogP contribution in [0.4, 0.5) is 13.2 Å². The molecule has 2 rings (SSSR count). The first-order valence-electron chi connectivity index (χ1n) is 5.31. The zero-order valence-electron chi connectivity index (χ0n) is 9.80. The maximum absolute atomic E-state index is 12.9. The van der Waals surface area contributed by atoms with Gasteiger partial charge in [0.25, 0.3) is 0 Å². The molecule has 0 aliphatic carbocycles. The third-order valence-electron chi connectivity index (χ3n) is 2.53. The van der Waals surface area contributed by atoms with Crippen molar-refractivity contribution in [2.24, 2.45) is 13.0 Å². The molecule has 0 aliphatic heterocycles. The number of halogens is 3. The highest BCUT2D eigenvalue weighted by atomic mass is 32.1. The van der Waals surface area contributed by atoms with E-state index in [1.54, 1.807) is 7.05 Å². The minimum absolute atomic E-state index is 0.277. The molecule has 2 aromatic rings. The SMILES string of the molecule is CC(C)Cc1csc2c1c(C(F)(F)F)nn2C. The number of aryl methyl sites for hydroxylation is 1. The lowest BCUT2D eigenvalue weighted by atomic mass is 10.0. The number of aromatic nitrogens is 2. The average molecular weight is 262 g/mol. The molecule has 0 unspecified atom stereocenters. The van der Waals surface area contributed by atoms with Crippen LogP contribution in [-0.4, -0.2) is 9.78 Å². The van der Waals surface area contributed by atoms with Gasteiger partial charge >= 0.3 is 6.18 Å². The maximum atomic E-state index is 12.9. The fraction of sp³-hybridized carbons (Fsp3) is 0.545. The lowest BCUT2D eigenvalue weighted by Crippen LogP contribution is -2.08. The molecule has 0 radical (unpaired) electrons. The predicted molar refractivity (Wildman–Crippen MR) is 62.1 cm³/mol. The first-order chi connectivity index (χ1) is 7.80. The van der Waals surface area contributed by atoms with Crippen LogP contribution in [0.5, 0.6) is 0 Å². The number of hydrogen-bond acceptors (Lipinski definition) is 2. The molecule has 2 heterocycles. The smallest absolute Gasteiger partial charge is 0.257 e. The second-order valence-corrected chi connectivity index (χ2v) is 5.37. The molecular formula is C11H13F3N2S. The van der Waals surface area contributed by atoms with E-state index in [0.29, 0.717) is 17.2 Å². The number of alkyl halides is 3. The van der Waals surface area contributed by atoms with Crippen LogP contribution in [0.1, 0.15) is 25.1 Å². The molecule has 0 bridgehead atoms. The number of fused-ring (bicyclic) bond motifs is 1. The van der Waals surface area contributed by atoms with Crippen molar-refractivity contribution in [1.29, 1.82) is 0 Å². The van der Waals surface area contributed by atoms with E-state index in [2.05, 4.69) is 5.10 Å². The summed E-state index contributed by atoms with van der Waals surface area (Å²) in [6.07, 6.45) is -3.74. The Hall–Kier alpha value is -1.04. The van der Waals surface area contributed by atoms with Gasteiger partial charge in [0, 0.05) is 12.4 Å². The van der Waals surface area contributed by atoms with Crippen molar-refractivity contribution in [1.82, 2.24) is 9.78 Å². The Morgan fingerprint density at radius 1 is 1.41 bits per heavy atom. The van der Waals surface area contributed by atoms with Crippen molar-refractivity contribution < 1.29 is 13.2 Å².